The molecule has 0 unspecified atom stereocenters. The molecule has 0 aliphatic carbocycles. The van der Waals surface area contributed by atoms with E-state index in [2.05, 4.69) is 0 Å². The SMILES string of the molecule is CC(=O)c1cn([C@H](C)C(=O)N2CCOCC2)c2ccccc12. The van der Waals surface area contributed by atoms with Crippen LogP contribution in [0.5, 0.6) is 0 Å². The Morgan fingerprint density at radius 2 is 1.86 bits per heavy atom. The molecule has 1 atom stereocenters. The van der Waals surface area contributed by atoms with E-state index in [0.717, 1.165) is 10.9 Å². The highest BCUT2D eigenvalue weighted by atomic mass is 16.5. The minimum absolute atomic E-state index is 0.0148. The van der Waals surface area contributed by atoms with E-state index in [4.69, 9.17) is 4.74 Å². The van der Waals surface area contributed by atoms with Crippen LogP contribution in [-0.2, 0) is 9.53 Å². The monoisotopic (exact) mass is 300 g/mol. The lowest BCUT2D eigenvalue weighted by atomic mass is 10.1. The molecule has 1 amide bonds. The molecular weight excluding hydrogens is 280 g/mol. The van der Waals surface area contributed by atoms with Crippen molar-refractivity contribution in [2.24, 2.45) is 0 Å². The van der Waals surface area contributed by atoms with Crippen molar-refractivity contribution in [3.8, 4) is 0 Å². The van der Waals surface area contributed by atoms with E-state index < -0.39 is 0 Å². The van der Waals surface area contributed by atoms with Crippen LogP contribution in [-0.4, -0.2) is 47.5 Å². The first kappa shape index (κ1) is 14.8. The molecule has 1 aromatic heterocycles. The Kier molecular flexibility index (Phi) is 3.98. The molecule has 1 aliphatic heterocycles. The summed E-state index contributed by atoms with van der Waals surface area (Å²) in [4.78, 5) is 26.4. The Labute approximate surface area is 129 Å². The van der Waals surface area contributed by atoms with Gasteiger partial charge in [0.2, 0.25) is 5.91 Å². The Hall–Kier alpha value is -2.14. The van der Waals surface area contributed by atoms with Crippen molar-refractivity contribution in [1.29, 1.82) is 0 Å². The molecule has 0 radical (unpaired) electrons. The maximum atomic E-state index is 12.7. The topological polar surface area (TPSA) is 51.5 Å². The minimum Gasteiger partial charge on any atom is -0.378 e. The number of ketones is 1. The van der Waals surface area contributed by atoms with Crippen LogP contribution in [0.1, 0.15) is 30.2 Å². The third kappa shape index (κ3) is 2.52. The van der Waals surface area contributed by atoms with Crippen molar-refractivity contribution in [3.05, 3.63) is 36.0 Å². The number of carbonyl (C=O) groups is 2. The molecule has 5 nitrogen and oxygen atoms in total. The van der Waals surface area contributed by atoms with Crippen LogP contribution in [0.2, 0.25) is 0 Å². The summed E-state index contributed by atoms with van der Waals surface area (Å²) in [5.74, 6) is 0.0835. The van der Waals surface area contributed by atoms with Gasteiger partial charge in [-0.2, -0.15) is 0 Å². The minimum atomic E-state index is -0.337. The number of hydrogen-bond acceptors (Lipinski definition) is 3. The number of morpholine rings is 1. The number of aromatic nitrogens is 1. The third-order valence-electron chi connectivity index (χ3n) is 4.22. The van der Waals surface area contributed by atoms with Crippen LogP contribution in [0.25, 0.3) is 10.9 Å². The predicted molar refractivity (Wildman–Crippen MR) is 84.1 cm³/mol. The highest BCUT2D eigenvalue weighted by Crippen LogP contribution is 2.26. The number of ether oxygens (including phenoxy) is 1. The molecule has 0 spiro atoms. The van der Waals surface area contributed by atoms with E-state index in [1.54, 1.807) is 13.1 Å². The number of hydrogen-bond donors (Lipinski definition) is 0. The molecule has 1 aliphatic rings. The van der Waals surface area contributed by atoms with Gasteiger partial charge in [-0.25, -0.2) is 0 Å². The highest BCUT2D eigenvalue weighted by molar-refractivity contribution is 6.07. The van der Waals surface area contributed by atoms with E-state index in [-0.39, 0.29) is 17.7 Å². The number of fused-ring (bicyclic) bond motifs is 1. The van der Waals surface area contributed by atoms with Crippen LogP contribution >= 0.6 is 0 Å². The first-order chi connectivity index (χ1) is 10.6. The second-order valence-electron chi connectivity index (χ2n) is 5.64. The Bertz CT molecular complexity index is 714. The summed E-state index contributed by atoms with van der Waals surface area (Å²) in [6, 6.07) is 7.37. The average Bonchev–Trinajstić information content (AvgIpc) is 2.94. The first-order valence-electron chi connectivity index (χ1n) is 7.56. The summed E-state index contributed by atoms with van der Waals surface area (Å²) >= 11 is 0. The molecule has 3 rings (SSSR count). The fourth-order valence-corrected chi connectivity index (χ4v) is 2.97. The van der Waals surface area contributed by atoms with Crippen LogP contribution in [0.15, 0.2) is 30.5 Å². The Morgan fingerprint density at radius 1 is 1.18 bits per heavy atom. The van der Waals surface area contributed by atoms with Gasteiger partial charge in [-0.05, 0) is 19.9 Å². The zero-order valence-electron chi connectivity index (χ0n) is 12.9. The second-order valence-corrected chi connectivity index (χ2v) is 5.64. The maximum absolute atomic E-state index is 12.7. The molecular formula is C17H20N2O3. The fraction of sp³-hybridized carbons (Fsp3) is 0.412. The Balaban J connectivity index is 1.98. The number of nitrogens with zero attached hydrogens (tertiary/aromatic N) is 2. The third-order valence-corrected chi connectivity index (χ3v) is 4.22. The molecule has 0 saturated carbocycles. The summed E-state index contributed by atoms with van der Waals surface area (Å²) in [6.07, 6.45) is 1.80. The van der Waals surface area contributed by atoms with Crippen LogP contribution < -0.4 is 0 Å². The van der Waals surface area contributed by atoms with Gasteiger partial charge in [0.1, 0.15) is 6.04 Å². The quantitative estimate of drug-likeness (QED) is 0.817. The van der Waals surface area contributed by atoms with Gasteiger partial charge in [-0.15, -0.1) is 0 Å². The van der Waals surface area contributed by atoms with Crippen molar-refractivity contribution < 1.29 is 14.3 Å². The Morgan fingerprint density at radius 3 is 2.55 bits per heavy atom. The molecule has 22 heavy (non-hydrogen) atoms. The summed E-state index contributed by atoms with van der Waals surface area (Å²) in [5.41, 5.74) is 1.58. The lowest BCUT2D eigenvalue weighted by molar-refractivity contribution is -0.138. The van der Waals surface area contributed by atoms with Gasteiger partial charge in [0.25, 0.3) is 0 Å². The van der Waals surface area contributed by atoms with Crippen molar-refractivity contribution in [1.82, 2.24) is 9.47 Å². The van der Waals surface area contributed by atoms with Gasteiger partial charge in [0.15, 0.2) is 5.78 Å². The molecule has 5 heteroatoms. The van der Waals surface area contributed by atoms with Crippen LogP contribution in [0, 0.1) is 0 Å². The van der Waals surface area contributed by atoms with Crippen molar-refractivity contribution in [2.45, 2.75) is 19.9 Å². The number of Topliss-reactive ketones (excluding diaryl/α,β-unsaturated/α-hetero) is 1. The second kappa shape index (κ2) is 5.93. The summed E-state index contributed by atoms with van der Waals surface area (Å²) < 4.78 is 7.20. The first-order valence-corrected chi connectivity index (χ1v) is 7.56. The molecule has 116 valence electrons. The van der Waals surface area contributed by atoms with Crippen LogP contribution in [0.3, 0.4) is 0 Å². The standard InChI is InChI=1S/C17H20N2O3/c1-12(17(21)18-7-9-22-10-8-18)19-11-15(13(2)20)14-5-3-4-6-16(14)19/h3-6,11-12H,7-10H2,1-2H3/t12-/m1/s1. The van der Waals surface area contributed by atoms with E-state index >= 15 is 0 Å². The van der Waals surface area contributed by atoms with Gasteiger partial charge in [-0.1, -0.05) is 18.2 Å². The molecule has 1 aromatic carbocycles. The highest BCUT2D eigenvalue weighted by Gasteiger charge is 2.25. The van der Waals surface area contributed by atoms with E-state index in [1.807, 2.05) is 40.7 Å². The number of carbonyl (C=O) groups excluding carboxylic acids is 2. The summed E-state index contributed by atoms with van der Waals surface area (Å²) in [5, 5.41) is 0.900. The molecule has 1 saturated heterocycles. The van der Waals surface area contributed by atoms with Gasteiger partial charge in [0.05, 0.1) is 13.2 Å². The lowest BCUT2D eigenvalue weighted by Gasteiger charge is -2.30. The summed E-state index contributed by atoms with van der Waals surface area (Å²) in [6.45, 7) is 5.87. The van der Waals surface area contributed by atoms with Gasteiger partial charge >= 0.3 is 0 Å². The number of rotatable bonds is 3. The van der Waals surface area contributed by atoms with E-state index in [0.29, 0.717) is 31.9 Å². The number of benzene rings is 1. The fourth-order valence-electron chi connectivity index (χ4n) is 2.97. The zero-order chi connectivity index (χ0) is 15.7. The van der Waals surface area contributed by atoms with Gasteiger partial charge < -0.3 is 14.2 Å². The van der Waals surface area contributed by atoms with Gasteiger partial charge in [0, 0.05) is 35.8 Å². The number of para-hydroxylation sites is 1. The maximum Gasteiger partial charge on any atom is 0.245 e. The van der Waals surface area contributed by atoms with Gasteiger partial charge in [-0.3, -0.25) is 9.59 Å². The predicted octanol–water partition coefficient (Wildman–Crippen LogP) is 2.26. The molecule has 0 N–H and O–H groups in total. The van der Waals surface area contributed by atoms with Crippen molar-refractivity contribution in [2.75, 3.05) is 26.3 Å². The molecule has 2 heterocycles. The smallest absolute Gasteiger partial charge is 0.245 e. The van der Waals surface area contributed by atoms with E-state index in [1.165, 1.54) is 0 Å². The molecule has 0 bridgehead atoms. The summed E-state index contributed by atoms with van der Waals surface area (Å²) in [7, 11) is 0. The van der Waals surface area contributed by atoms with Crippen LogP contribution in [0.4, 0.5) is 0 Å². The van der Waals surface area contributed by atoms with Crippen molar-refractivity contribution >= 4 is 22.6 Å². The average molecular weight is 300 g/mol. The van der Waals surface area contributed by atoms with E-state index in [9.17, 15) is 9.59 Å². The lowest BCUT2D eigenvalue weighted by Crippen LogP contribution is -2.43. The molecule has 2 aromatic rings. The number of amides is 1. The molecule has 1 fully saturated rings. The van der Waals surface area contributed by atoms with Crippen molar-refractivity contribution in [3.63, 3.8) is 0 Å². The largest absolute Gasteiger partial charge is 0.378 e. The normalized spacial score (nSPS) is 16.7. The zero-order valence-corrected chi connectivity index (χ0v) is 12.9.